The number of halogens is 1. The van der Waals surface area contributed by atoms with Crippen molar-refractivity contribution in [3.63, 3.8) is 0 Å². The van der Waals surface area contributed by atoms with Gasteiger partial charge in [0.15, 0.2) is 0 Å². The van der Waals surface area contributed by atoms with E-state index in [0.717, 1.165) is 16.8 Å². The van der Waals surface area contributed by atoms with Crippen LogP contribution in [-0.4, -0.2) is 11.1 Å². The van der Waals surface area contributed by atoms with Gasteiger partial charge >= 0.3 is 5.97 Å². The number of anilines is 1. The third-order valence-corrected chi connectivity index (χ3v) is 3.67. The lowest BCUT2D eigenvalue weighted by Crippen LogP contribution is -2.21. The second-order valence-corrected chi connectivity index (χ2v) is 5.68. The van der Waals surface area contributed by atoms with Crippen LogP contribution in [0.25, 0.3) is 0 Å². The molecule has 0 saturated carbocycles. The zero-order chi connectivity index (χ0) is 17.4. The molecule has 6 heteroatoms. The second-order valence-electron chi connectivity index (χ2n) is 5.24. The van der Waals surface area contributed by atoms with Crippen LogP contribution in [0.2, 0.25) is 5.02 Å². The van der Waals surface area contributed by atoms with Crippen LogP contribution in [0.3, 0.4) is 0 Å². The van der Waals surface area contributed by atoms with Gasteiger partial charge in [0.05, 0.1) is 0 Å². The summed E-state index contributed by atoms with van der Waals surface area (Å²) in [4.78, 5) is 10.8. The molecule has 0 aliphatic rings. The number of hydrogen-bond donors (Lipinski definition) is 4. The average molecular weight is 346 g/mol. The molecule has 5 N–H and O–H groups in total. The van der Waals surface area contributed by atoms with Gasteiger partial charge in [-0.1, -0.05) is 41.9 Å². The van der Waals surface area contributed by atoms with Crippen LogP contribution in [0.5, 0.6) is 0 Å². The van der Waals surface area contributed by atoms with Crippen molar-refractivity contribution in [2.45, 2.75) is 19.4 Å². The Morgan fingerprint density at radius 3 is 2.62 bits per heavy atom. The molecule has 24 heavy (non-hydrogen) atoms. The van der Waals surface area contributed by atoms with E-state index in [4.69, 9.17) is 22.4 Å². The van der Waals surface area contributed by atoms with Crippen molar-refractivity contribution in [1.29, 1.82) is 0 Å². The maximum absolute atomic E-state index is 10.8. The van der Waals surface area contributed by atoms with Gasteiger partial charge in [0.25, 0.3) is 0 Å². The van der Waals surface area contributed by atoms with Gasteiger partial charge in [0, 0.05) is 29.9 Å². The zero-order valence-electron chi connectivity index (χ0n) is 13.1. The molecule has 0 heterocycles. The third kappa shape index (κ3) is 5.52. The van der Waals surface area contributed by atoms with Crippen LogP contribution in [0.4, 0.5) is 5.69 Å². The van der Waals surface area contributed by atoms with E-state index < -0.39 is 5.97 Å². The van der Waals surface area contributed by atoms with Gasteiger partial charge in [-0.05, 0) is 35.7 Å². The Labute approximate surface area is 146 Å². The number of aliphatic carboxylic acids is 1. The normalized spacial score (nSPS) is 11.1. The Morgan fingerprint density at radius 1 is 1.21 bits per heavy atom. The first-order valence-corrected chi connectivity index (χ1v) is 7.93. The molecule has 5 nitrogen and oxygen atoms in total. The van der Waals surface area contributed by atoms with E-state index in [-0.39, 0.29) is 6.42 Å². The predicted molar refractivity (Wildman–Crippen MR) is 96.6 cm³/mol. The summed E-state index contributed by atoms with van der Waals surface area (Å²) in [7, 11) is 0. The first kappa shape index (κ1) is 17.7. The van der Waals surface area contributed by atoms with Crippen LogP contribution >= 0.6 is 11.6 Å². The van der Waals surface area contributed by atoms with E-state index in [1.807, 2.05) is 36.4 Å². The fraction of sp³-hybridized carbons (Fsp3) is 0.167. The van der Waals surface area contributed by atoms with Gasteiger partial charge in [0.1, 0.15) is 5.82 Å². The minimum absolute atomic E-state index is 0.0359. The van der Waals surface area contributed by atoms with Gasteiger partial charge < -0.3 is 21.5 Å². The molecule has 0 aliphatic heterocycles. The lowest BCUT2D eigenvalue weighted by atomic mass is 10.1. The zero-order valence-corrected chi connectivity index (χ0v) is 13.9. The fourth-order valence-corrected chi connectivity index (χ4v) is 2.41. The van der Waals surface area contributed by atoms with Crippen LogP contribution < -0.4 is 16.4 Å². The maximum Gasteiger partial charge on any atom is 0.303 e. The number of carboxylic acid groups (broad SMARTS) is 1. The van der Waals surface area contributed by atoms with E-state index >= 15 is 0 Å². The summed E-state index contributed by atoms with van der Waals surface area (Å²) < 4.78 is 0. The van der Waals surface area contributed by atoms with E-state index in [9.17, 15) is 4.79 Å². The monoisotopic (exact) mass is 345 g/mol. The molecule has 2 rings (SSSR count). The number of nitrogens with two attached hydrogens (primary N) is 1. The highest BCUT2D eigenvalue weighted by atomic mass is 35.5. The smallest absolute Gasteiger partial charge is 0.303 e. The molecule has 0 atom stereocenters. The molecule has 0 unspecified atom stereocenters. The number of hydrogen-bond acceptors (Lipinski definition) is 4. The van der Waals surface area contributed by atoms with E-state index in [1.54, 1.807) is 12.1 Å². The van der Waals surface area contributed by atoms with Crippen molar-refractivity contribution >= 4 is 23.3 Å². The molecule has 0 spiro atoms. The first-order chi connectivity index (χ1) is 11.6. The molecule has 0 aliphatic carbocycles. The highest BCUT2D eigenvalue weighted by molar-refractivity contribution is 6.30. The molecule has 0 bridgehead atoms. The predicted octanol–water partition coefficient (Wildman–Crippen LogP) is 3.32. The summed E-state index contributed by atoms with van der Waals surface area (Å²) in [5, 5.41) is 15.9. The minimum Gasteiger partial charge on any atom is -0.481 e. The molecular weight excluding hydrogens is 326 g/mol. The van der Waals surface area contributed by atoms with Gasteiger partial charge in [-0.3, -0.25) is 4.79 Å². The van der Waals surface area contributed by atoms with Gasteiger partial charge in [0.2, 0.25) is 0 Å². The van der Waals surface area contributed by atoms with E-state index in [1.165, 1.54) is 6.20 Å². The number of carboxylic acids is 1. The molecule has 0 fully saturated rings. The number of benzene rings is 2. The van der Waals surface area contributed by atoms with Crippen LogP contribution in [0.15, 0.2) is 60.6 Å². The Morgan fingerprint density at radius 2 is 1.96 bits per heavy atom. The van der Waals surface area contributed by atoms with Crippen LogP contribution in [0, 0.1) is 0 Å². The summed E-state index contributed by atoms with van der Waals surface area (Å²) in [6.07, 6.45) is 1.86. The SMILES string of the molecule is N/C=C(\NCc1ccccc1)Nc1ccc(Cl)cc1CCC(=O)O. The van der Waals surface area contributed by atoms with Crippen molar-refractivity contribution in [3.05, 3.63) is 76.7 Å². The van der Waals surface area contributed by atoms with Crippen molar-refractivity contribution in [2.24, 2.45) is 5.73 Å². The fourth-order valence-electron chi connectivity index (χ4n) is 2.22. The van der Waals surface area contributed by atoms with Gasteiger partial charge in [-0.25, -0.2) is 0 Å². The summed E-state index contributed by atoms with van der Waals surface area (Å²) >= 11 is 6.01. The highest BCUT2D eigenvalue weighted by Gasteiger charge is 2.08. The van der Waals surface area contributed by atoms with Crippen LogP contribution in [0.1, 0.15) is 17.5 Å². The summed E-state index contributed by atoms with van der Waals surface area (Å²) in [6, 6.07) is 15.3. The van der Waals surface area contributed by atoms with Crippen LogP contribution in [-0.2, 0) is 17.8 Å². The quantitative estimate of drug-likeness (QED) is 0.589. The standard InChI is InChI=1S/C18H20ClN3O2/c19-15-7-8-16(14(10-15)6-9-18(23)24)22-17(11-20)21-12-13-4-2-1-3-5-13/h1-5,7-8,10-11,21-22H,6,9,12,20H2,(H,23,24)/b17-11+. The summed E-state index contributed by atoms with van der Waals surface area (Å²) in [5.74, 6) is -0.213. The largest absolute Gasteiger partial charge is 0.481 e. The average Bonchev–Trinajstić information content (AvgIpc) is 2.59. The Balaban J connectivity index is 2.05. The van der Waals surface area contributed by atoms with Crippen molar-refractivity contribution in [1.82, 2.24) is 5.32 Å². The van der Waals surface area contributed by atoms with Gasteiger partial charge in [-0.15, -0.1) is 0 Å². The summed E-state index contributed by atoms with van der Waals surface area (Å²) in [6.45, 7) is 0.620. The van der Waals surface area contributed by atoms with E-state index in [2.05, 4.69) is 10.6 Å². The Hall–Kier alpha value is -2.66. The maximum atomic E-state index is 10.8. The number of rotatable bonds is 8. The van der Waals surface area contributed by atoms with Crippen molar-refractivity contribution in [3.8, 4) is 0 Å². The van der Waals surface area contributed by atoms with Crippen molar-refractivity contribution in [2.75, 3.05) is 5.32 Å². The molecule has 0 saturated heterocycles. The number of aryl methyl sites for hydroxylation is 1. The summed E-state index contributed by atoms with van der Waals surface area (Å²) in [5.41, 5.74) is 8.41. The number of nitrogens with one attached hydrogen (secondary N) is 2. The molecule has 2 aromatic carbocycles. The highest BCUT2D eigenvalue weighted by Crippen LogP contribution is 2.23. The molecule has 126 valence electrons. The molecular formula is C18H20ClN3O2. The molecule has 0 aromatic heterocycles. The van der Waals surface area contributed by atoms with Gasteiger partial charge in [-0.2, -0.15) is 0 Å². The Bertz CT molecular complexity index is 717. The first-order valence-electron chi connectivity index (χ1n) is 7.55. The lowest BCUT2D eigenvalue weighted by molar-refractivity contribution is -0.136. The second kappa shape index (κ2) is 8.84. The topological polar surface area (TPSA) is 87.4 Å². The molecule has 2 aromatic rings. The van der Waals surface area contributed by atoms with E-state index in [0.29, 0.717) is 23.8 Å². The Kier molecular flexibility index (Phi) is 6.51. The number of carbonyl (C=O) groups is 1. The minimum atomic E-state index is -0.849. The molecule has 0 amide bonds. The lowest BCUT2D eigenvalue weighted by Gasteiger charge is -2.16. The van der Waals surface area contributed by atoms with Crippen molar-refractivity contribution < 1.29 is 9.90 Å². The molecule has 0 radical (unpaired) electrons. The third-order valence-electron chi connectivity index (χ3n) is 3.44.